The number of phosphoric ester groups is 1. The quantitative estimate of drug-likeness (QED) is 0.0205. The second-order valence-corrected chi connectivity index (χ2v) is 21.5. The molecule has 0 saturated carbocycles. The fraction of sp³-hybridized carbons (Fsp3) is 0.705. The Morgan fingerprint density at radius 1 is 0.507 bits per heavy atom. The summed E-state index contributed by atoms with van der Waals surface area (Å²) in [5.41, 5.74) is 0. The van der Waals surface area contributed by atoms with Gasteiger partial charge >= 0.3 is 13.8 Å². The highest BCUT2D eigenvalue weighted by atomic mass is 31.2. The van der Waals surface area contributed by atoms with E-state index in [9.17, 15) is 19.0 Å². The van der Waals surface area contributed by atoms with Crippen molar-refractivity contribution in [2.24, 2.45) is 0 Å². The summed E-state index contributed by atoms with van der Waals surface area (Å²) in [5.74, 6) is -0.554. The van der Waals surface area contributed by atoms with Crippen molar-refractivity contribution in [3.8, 4) is 0 Å². The van der Waals surface area contributed by atoms with Crippen molar-refractivity contribution in [2.45, 2.75) is 238 Å². The molecule has 2 N–H and O–H groups in total. The highest BCUT2D eigenvalue weighted by molar-refractivity contribution is 7.47. The largest absolute Gasteiger partial charge is 0.472 e. The van der Waals surface area contributed by atoms with E-state index >= 15 is 0 Å². The number of allylic oxidation sites excluding steroid dienone is 15. The van der Waals surface area contributed by atoms with Crippen LogP contribution in [0.4, 0.5) is 0 Å². The number of likely N-dealkylation sites (N-methyl/N-ethyl adjacent to an activating group) is 1. The second-order valence-electron chi connectivity index (χ2n) is 20.1. The van der Waals surface area contributed by atoms with Crippen molar-refractivity contribution in [3.63, 3.8) is 0 Å². The monoisotopic (exact) mass is 1010 g/mol. The molecule has 9 nitrogen and oxygen atoms in total. The highest BCUT2D eigenvalue weighted by Gasteiger charge is 2.30. The van der Waals surface area contributed by atoms with E-state index in [1.807, 2.05) is 33.3 Å². The molecule has 0 radical (unpaired) electrons. The van der Waals surface area contributed by atoms with Crippen LogP contribution >= 0.6 is 7.82 Å². The zero-order chi connectivity index (χ0) is 52.2. The SMILES string of the molecule is CC/C=C\C/C=C\C/C=C\C/C=C\C/C=C\C/C=C\CCCCCCC(=O)OC(/C=C\CCCCCCCCCCC)C(COP(=O)(O)OCC[N+](C)(C)C)NC(=O)CCCCCCC/C=C\CCCC. The normalized spacial score (nSPS) is 14.5. The van der Waals surface area contributed by atoms with Crippen molar-refractivity contribution in [1.82, 2.24) is 5.32 Å². The minimum atomic E-state index is -4.45. The van der Waals surface area contributed by atoms with Crippen molar-refractivity contribution in [2.75, 3.05) is 40.9 Å². The Balaban J connectivity index is 5.28. The van der Waals surface area contributed by atoms with Crippen LogP contribution in [0, 0.1) is 0 Å². The Bertz CT molecular complexity index is 1540. The number of ether oxygens (including phenoxy) is 1. The molecule has 0 saturated heterocycles. The van der Waals surface area contributed by atoms with Gasteiger partial charge in [0.1, 0.15) is 19.3 Å². The Morgan fingerprint density at radius 2 is 0.915 bits per heavy atom. The summed E-state index contributed by atoms with van der Waals surface area (Å²) < 4.78 is 30.5. The molecule has 0 aromatic carbocycles. The zero-order valence-corrected chi connectivity index (χ0v) is 47.3. The first kappa shape index (κ1) is 67.9. The van der Waals surface area contributed by atoms with E-state index in [1.165, 1.54) is 57.8 Å². The lowest BCUT2D eigenvalue weighted by molar-refractivity contribution is -0.870. The van der Waals surface area contributed by atoms with Crippen LogP contribution in [0.3, 0.4) is 0 Å². The molecule has 10 heteroatoms. The van der Waals surface area contributed by atoms with E-state index in [-0.39, 0.29) is 31.5 Å². The van der Waals surface area contributed by atoms with Gasteiger partial charge in [0.05, 0.1) is 33.8 Å². The third kappa shape index (κ3) is 51.6. The first-order valence-corrected chi connectivity index (χ1v) is 30.1. The average Bonchev–Trinajstić information content (AvgIpc) is 3.33. The van der Waals surface area contributed by atoms with Gasteiger partial charge in [-0.2, -0.15) is 0 Å². The summed E-state index contributed by atoms with van der Waals surface area (Å²) in [6.45, 7) is 6.80. The molecule has 0 rings (SSSR count). The fourth-order valence-corrected chi connectivity index (χ4v) is 8.31. The van der Waals surface area contributed by atoms with Crippen LogP contribution < -0.4 is 5.32 Å². The fourth-order valence-electron chi connectivity index (χ4n) is 7.57. The number of amides is 1. The van der Waals surface area contributed by atoms with Crippen LogP contribution in [0.15, 0.2) is 97.2 Å². The molecule has 0 aromatic rings. The minimum absolute atomic E-state index is 0.0297. The number of unbranched alkanes of at least 4 members (excludes halogenated alkanes) is 20. The number of nitrogens with one attached hydrogen (secondary N) is 1. The third-order valence-corrected chi connectivity index (χ3v) is 13.0. The maximum atomic E-state index is 13.4. The van der Waals surface area contributed by atoms with Crippen LogP contribution in [-0.4, -0.2) is 74.3 Å². The summed E-state index contributed by atoms with van der Waals surface area (Å²) in [4.78, 5) is 37.5. The molecule has 3 unspecified atom stereocenters. The Kier molecular flexibility index (Phi) is 48.3. The number of hydrogen-bond donors (Lipinski definition) is 2. The molecule has 0 spiro atoms. The van der Waals surface area contributed by atoms with Gasteiger partial charge in [-0.05, 0) is 102 Å². The molecule has 0 aliphatic heterocycles. The van der Waals surface area contributed by atoms with E-state index in [0.717, 1.165) is 128 Å². The lowest BCUT2D eigenvalue weighted by Gasteiger charge is -2.27. The van der Waals surface area contributed by atoms with Gasteiger partial charge in [-0.15, -0.1) is 0 Å². The van der Waals surface area contributed by atoms with Crippen molar-refractivity contribution >= 4 is 19.7 Å². The van der Waals surface area contributed by atoms with Gasteiger partial charge in [-0.1, -0.05) is 208 Å². The molecule has 0 bridgehead atoms. The number of phosphoric acid groups is 1. The topological polar surface area (TPSA) is 111 Å². The van der Waals surface area contributed by atoms with Crippen LogP contribution in [0.25, 0.3) is 0 Å². The summed E-state index contributed by atoms with van der Waals surface area (Å²) in [6, 6.07) is -0.866. The van der Waals surface area contributed by atoms with Gasteiger partial charge in [0.15, 0.2) is 0 Å². The zero-order valence-electron chi connectivity index (χ0n) is 46.4. The molecular formula is C61H108N2O7P+. The molecule has 408 valence electrons. The van der Waals surface area contributed by atoms with E-state index in [1.54, 1.807) is 0 Å². The Hall–Kier alpha value is -3.07. The summed E-state index contributed by atoms with van der Waals surface area (Å²) in [5, 5.41) is 3.02. The molecule has 71 heavy (non-hydrogen) atoms. The van der Waals surface area contributed by atoms with Crippen molar-refractivity contribution in [1.29, 1.82) is 0 Å². The van der Waals surface area contributed by atoms with Crippen molar-refractivity contribution < 1.29 is 37.3 Å². The molecule has 0 heterocycles. The second kappa shape index (κ2) is 50.5. The van der Waals surface area contributed by atoms with E-state index in [2.05, 4.69) is 111 Å². The van der Waals surface area contributed by atoms with Gasteiger partial charge in [0, 0.05) is 12.8 Å². The molecule has 3 atom stereocenters. The minimum Gasteiger partial charge on any atom is -0.456 e. The molecule has 1 amide bonds. The van der Waals surface area contributed by atoms with Gasteiger partial charge in [0.2, 0.25) is 5.91 Å². The van der Waals surface area contributed by atoms with Crippen LogP contribution in [0.5, 0.6) is 0 Å². The molecular weight excluding hydrogens is 904 g/mol. The lowest BCUT2D eigenvalue weighted by Crippen LogP contribution is -2.47. The number of nitrogens with zero attached hydrogens (tertiary/aromatic N) is 1. The molecule has 0 aromatic heterocycles. The van der Waals surface area contributed by atoms with Crippen LogP contribution in [-0.2, 0) is 27.9 Å². The average molecular weight is 1010 g/mol. The van der Waals surface area contributed by atoms with Gasteiger partial charge in [0.25, 0.3) is 0 Å². The number of esters is 1. The van der Waals surface area contributed by atoms with E-state index in [0.29, 0.717) is 23.9 Å². The number of carbonyl (C=O) groups is 2. The predicted molar refractivity (Wildman–Crippen MR) is 304 cm³/mol. The van der Waals surface area contributed by atoms with Crippen molar-refractivity contribution in [3.05, 3.63) is 97.2 Å². The standard InChI is InChI=1S/C61H107N2O7P/c1-7-10-13-16-19-22-25-26-27-28-29-30-31-32-33-34-35-36-39-42-45-48-51-54-61(65)70-59(52-49-46-43-40-37-23-20-17-14-11-8-2)58(57-69-71(66,67)68-56-55-63(4,5)6)62-60(64)53-50-47-44-41-38-24-21-18-15-12-9-3/h10,13,18-19,21-22,26-27,29-30,32-33,35-36,49,52,58-59H,7-9,11-12,14-17,20,23-25,28,31,34,37-48,50-51,53-57H2,1-6H3,(H-,62,64,66,67)/p+1/b13-10-,21-18-,22-19-,27-26-,30-29-,33-32-,36-35-,52-49-. The first-order chi connectivity index (χ1) is 34.4. The number of carbonyl (C=O) groups excluding carboxylic acids is 2. The predicted octanol–water partition coefficient (Wildman–Crippen LogP) is 17.2. The summed E-state index contributed by atoms with van der Waals surface area (Å²) >= 11 is 0. The number of quaternary nitrogens is 1. The van der Waals surface area contributed by atoms with Crippen LogP contribution in [0.2, 0.25) is 0 Å². The van der Waals surface area contributed by atoms with E-state index < -0.39 is 20.0 Å². The lowest BCUT2D eigenvalue weighted by atomic mass is 10.1. The van der Waals surface area contributed by atoms with Gasteiger partial charge < -0.3 is 19.4 Å². The molecule has 0 aliphatic rings. The van der Waals surface area contributed by atoms with E-state index in [4.69, 9.17) is 13.8 Å². The smallest absolute Gasteiger partial charge is 0.456 e. The Morgan fingerprint density at radius 3 is 1.41 bits per heavy atom. The maximum absolute atomic E-state index is 13.4. The Labute approximate surface area is 437 Å². The molecule has 0 fully saturated rings. The number of hydrogen-bond acceptors (Lipinski definition) is 6. The number of rotatable bonds is 50. The summed E-state index contributed by atoms with van der Waals surface area (Å²) in [7, 11) is 1.46. The first-order valence-electron chi connectivity index (χ1n) is 28.6. The summed E-state index contributed by atoms with van der Waals surface area (Å²) in [6.07, 6.45) is 66.9. The van der Waals surface area contributed by atoms with Crippen LogP contribution in [0.1, 0.15) is 226 Å². The van der Waals surface area contributed by atoms with Gasteiger partial charge in [-0.25, -0.2) is 4.57 Å². The highest BCUT2D eigenvalue weighted by Crippen LogP contribution is 2.43. The van der Waals surface area contributed by atoms with Gasteiger partial charge in [-0.3, -0.25) is 18.6 Å². The molecule has 0 aliphatic carbocycles. The third-order valence-electron chi connectivity index (χ3n) is 12.0. The maximum Gasteiger partial charge on any atom is 0.472 e.